The Morgan fingerprint density at radius 1 is 1.00 bits per heavy atom. The second-order valence-electron chi connectivity index (χ2n) is 5.93. The van der Waals surface area contributed by atoms with E-state index in [-0.39, 0.29) is 5.82 Å². The van der Waals surface area contributed by atoms with Crippen LogP contribution in [0.25, 0.3) is 0 Å². The molecule has 2 aromatic carbocycles. The SMILES string of the molecule is CN=C(NCc1cccc(F)c1)NCc1cccc(Cn2cccn2)c1. The molecule has 0 aliphatic carbocycles. The lowest BCUT2D eigenvalue weighted by molar-refractivity contribution is 0.624. The molecule has 0 amide bonds. The van der Waals surface area contributed by atoms with Crippen molar-refractivity contribution in [3.8, 4) is 0 Å². The summed E-state index contributed by atoms with van der Waals surface area (Å²) < 4.78 is 15.1. The molecule has 134 valence electrons. The molecule has 0 bridgehead atoms. The first kappa shape index (κ1) is 17.7. The van der Waals surface area contributed by atoms with Gasteiger partial charge in [0.1, 0.15) is 5.82 Å². The van der Waals surface area contributed by atoms with Crippen LogP contribution in [0.1, 0.15) is 16.7 Å². The Morgan fingerprint density at radius 2 is 1.69 bits per heavy atom. The molecule has 2 N–H and O–H groups in total. The number of guanidine groups is 1. The van der Waals surface area contributed by atoms with E-state index in [4.69, 9.17) is 0 Å². The van der Waals surface area contributed by atoms with E-state index in [2.05, 4.69) is 38.9 Å². The quantitative estimate of drug-likeness (QED) is 0.530. The molecule has 0 atom stereocenters. The van der Waals surface area contributed by atoms with E-state index in [0.717, 1.165) is 17.7 Å². The van der Waals surface area contributed by atoms with Crippen LogP contribution in [0.5, 0.6) is 0 Å². The molecule has 0 spiro atoms. The van der Waals surface area contributed by atoms with Gasteiger partial charge in [0.2, 0.25) is 0 Å². The second kappa shape index (κ2) is 8.80. The van der Waals surface area contributed by atoms with E-state index in [1.54, 1.807) is 19.3 Å². The van der Waals surface area contributed by atoms with Crippen molar-refractivity contribution in [1.82, 2.24) is 20.4 Å². The lowest BCUT2D eigenvalue weighted by atomic mass is 10.1. The fraction of sp³-hybridized carbons (Fsp3) is 0.200. The van der Waals surface area contributed by atoms with Crippen molar-refractivity contribution in [2.45, 2.75) is 19.6 Å². The van der Waals surface area contributed by atoms with Gasteiger partial charge in [-0.25, -0.2) is 4.39 Å². The molecule has 0 radical (unpaired) electrons. The van der Waals surface area contributed by atoms with Gasteiger partial charge in [-0.2, -0.15) is 5.10 Å². The molecule has 0 aliphatic rings. The highest BCUT2D eigenvalue weighted by molar-refractivity contribution is 5.79. The summed E-state index contributed by atoms with van der Waals surface area (Å²) in [6.07, 6.45) is 3.72. The van der Waals surface area contributed by atoms with Crippen molar-refractivity contribution in [1.29, 1.82) is 0 Å². The second-order valence-corrected chi connectivity index (χ2v) is 5.93. The first-order valence-electron chi connectivity index (χ1n) is 8.47. The fourth-order valence-electron chi connectivity index (χ4n) is 2.66. The number of aliphatic imine (C=N–C) groups is 1. The summed E-state index contributed by atoms with van der Waals surface area (Å²) in [6, 6.07) is 16.8. The molecule has 26 heavy (non-hydrogen) atoms. The Bertz CT molecular complexity index is 858. The van der Waals surface area contributed by atoms with E-state index in [1.165, 1.54) is 17.7 Å². The molecule has 1 heterocycles. The molecule has 5 nitrogen and oxygen atoms in total. The van der Waals surface area contributed by atoms with E-state index in [0.29, 0.717) is 19.0 Å². The van der Waals surface area contributed by atoms with Gasteiger partial charge >= 0.3 is 0 Å². The summed E-state index contributed by atoms with van der Waals surface area (Å²) >= 11 is 0. The van der Waals surface area contributed by atoms with Gasteiger partial charge < -0.3 is 10.6 Å². The molecular weight excluding hydrogens is 329 g/mol. The number of hydrogen-bond acceptors (Lipinski definition) is 2. The average molecular weight is 351 g/mol. The van der Waals surface area contributed by atoms with Crippen molar-refractivity contribution in [3.05, 3.63) is 89.5 Å². The maximum Gasteiger partial charge on any atom is 0.191 e. The number of halogens is 1. The van der Waals surface area contributed by atoms with Gasteiger partial charge in [0.25, 0.3) is 0 Å². The Morgan fingerprint density at radius 3 is 2.35 bits per heavy atom. The van der Waals surface area contributed by atoms with Crippen LogP contribution in [0, 0.1) is 5.82 Å². The summed E-state index contributed by atoms with van der Waals surface area (Å²) in [6.45, 7) is 1.90. The first-order chi connectivity index (χ1) is 12.7. The number of nitrogens with one attached hydrogen (secondary N) is 2. The lowest BCUT2D eigenvalue weighted by Crippen LogP contribution is -2.36. The van der Waals surface area contributed by atoms with Crippen LogP contribution in [0.2, 0.25) is 0 Å². The largest absolute Gasteiger partial charge is 0.352 e. The maximum absolute atomic E-state index is 13.2. The van der Waals surface area contributed by atoms with Gasteiger partial charge in [-0.05, 0) is 34.9 Å². The third-order valence-corrected chi connectivity index (χ3v) is 3.93. The minimum Gasteiger partial charge on any atom is -0.352 e. The fourth-order valence-corrected chi connectivity index (χ4v) is 2.66. The number of rotatable bonds is 6. The zero-order chi connectivity index (χ0) is 18.2. The molecule has 0 unspecified atom stereocenters. The minimum absolute atomic E-state index is 0.235. The predicted molar refractivity (Wildman–Crippen MR) is 101 cm³/mol. The Hall–Kier alpha value is -3.15. The van der Waals surface area contributed by atoms with Crippen LogP contribution >= 0.6 is 0 Å². The normalized spacial score (nSPS) is 11.4. The Kier molecular flexibility index (Phi) is 5.98. The summed E-state index contributed by atoms with van der Waals surface area (Å²) in [5.74, 6) is 0.438. The molecule has 1 aromatic heterocycles. The standard InChI is InChI=1S/C20H22FN5/c1-22-20(24-14-17-6-3-8-19(21)12-17)23-13-16-5-2-7-18(11-16)15-26-10-4-9-25-26/h2-12H,13-15H2,1H3,(H2,22,23,24). The van der Waals surface area contributed by atoms with Crippen molar-refractivity contribution in [3.63, 3.8) is 0 Å². The summed E-state index contributed by atoms with van der Waals surface area (Å²) in [5, 5.41) is 10.7. The first-order valence-corrected chi connectivity index (χ1v) is 8.47. The third-order valence-electron chi connectivity index (χ3n) is 3.93. The van der Waals surface area contributed by atoms with Gasteiger partial charge in [0.05, 0.1) is 6.54 Å². The number of benzene rings is 2. The van der Waals surface area contributed by atoms with Crippen LogP contribution in [0.15, 0.2) is 72.0 Å². The molecule has 3 aromatic rings. The van der Waals surface area contributed by atoms with Gasteiger partial charge in [-0.3, -0.25) is 9.67 Å². The summed E-state index contributed by atoms with van der Waals surface area (Å²) in [5.41, 5.74) is 3.22. The third kappa shape index (κ3) is 5.17. The van der Waals surface area contributed by atoms with Gasteiger partial charge in [-0.15, -0.1) is 0 Å². The highest BCUT2D eigenvalue weighted by Gasteiger charge is 2.02. The van der Waals surface area contributed by atoms with E-state index < -0.39 is 0 Å². The zero-order valence-electron chi connectivity index (χ0n) is 14.7. The van der Waals surface area contributed by atoms with Crippen molar-refractivity contribution >= 4 is 5.96 Å². The zero-order valence-corrected chi connectivity index (χ0v) is 14.7. The molecule has 3 rings (SSSR count). The van der Waals surface area contributed by atoms with E-state index in [9.17, 15) is 4.39 Å². The van der Waals surface area contributed by atoms with Gasteiger partial charge in [0.15, 0.2) is 5.96 Å². The van der Waals surface area contributed by atoms with Crippen molar-refractivity contribution in [2.75, 3.05) is 7.05 Å². The lowest BCUT2D eigenvalue weighted by Gasteiger charge is -2.13. The molecular formula is C20H22FN5. The minimum atomic E-state index is -0.235. The van der Waals surface area contributed by atoms with Gasteiger partial charge in [-0.1, -0.05) is 36.4 Å². The van der Waals surface area contributed by atoms with Crippen molar-refractivity contribution in [2.24, 2.45) is 4.99 Å². The Balaban J connectivity index is 1.53. The molecule has 0 fully saturated rings. The van der Waals surface area contributed by atoms with Crippen LogP contribution in [-0.2, 0) is 19.6 Å². The highest BCUT2D eigenvalue weighted by Crippen LogP contribution is 2.07. The topological polar surface area (TPSA) is 54.2 Å². The smallest absolute Gasteiger partial charge is 0.191 e. The van der Waals surface area contributed by atoms with E-state index >= 15 is 0 Å². The van der Waals surface area contributed by atoms with Crippen LogP contribution < -0.4 is 10.6 Å². The average Bonchev–Trinajstić information content (AvgIpc) is 3.15. The summed E-state index contributed by atoms with van der Waals surface area (Å²) in [4.78, 5) is 4.21. The van der Waals surface area contributed by atoms with Gasteiger partial charge in [0, 0.05) is 32.5 Å². The van der Waals surface area contributed by atoms with Crippen LogP contribution in [0.4, 0.5) is 4.39 Å². The number of aromatic nitrogens is 2. The molecule has 0 saturated heterocycles. The Labute approximate surface area is 152 Å². The number of hydrogen-bond donors (Lipinski definition) is 2. The maximum atomic E-state index is 13.2. The summed E-state index contributed by atoms with van der Waals surface area (Å²) in [7, 11) is 1.72. The van der Waals surface area contributed by atoms with E-state index in [1.807, 2.05) is 29.1 Å². The molecule has 0 saturated carbocycles. The highest BCUT2D eigenvalue weighted by atomic mass is 19.1. The molecule has 0 aliphatic heterocycles. The predicted octanol–water partition coefficient (Wildman–Crippen LogP) is 2.94. The van der Waals surface area contributed by atoms with Crippen molar-refractivity contribution < 1.29 is 4.39 Å². The van der Waals surface area contributed by atoms with Crippen LogP contribution in [0.3, 0.4) is 0 Å². The molecule has 6 heteroatoms. The number of nitrogens with zero attached hydrogens (tertiary/aromatic N) is 3. The van der Waals surface area contributed by atoms with Crippen LogP contribution in [-0.4, -0.2) is 22.8 Å². The monoisotopic (exact) mass is 351 g/mol.